The number of piperidine rings is 1. The molecule has 0 saturated carbocycles. The first-order valence-corrected chi connectivity index (χ1v) is 9.30. The Bertz CT molecular complexity index is 660. The van der Waals surface area contributed by atoms with Crippen LogP contribution in [0.25, 0.3) is 0 Å². The fraction of sp³-hybridized carbons (Fsp3) is 0.650. The molecule has 0 unspecified atom stereocenters. The van der Waals surface area contributed by atoms with Gasteiger partial charge in [-0.15, -0.1) is 0 Å². The molecule has 1 amide bonds. The van der Waals surface area contributed by atoms with Crippen molar-refractivity contribution in [3.63, 3.8) is 0 Å². The van der Waals surface area contributed by atoms with Gasteiger partial charge in [-0.1, -0.05) is 20.8 Å². The molecular weight excluding hydrogens is 335 g/mol. The molecule has 2 heterocycles. The summed E-state index contributed by atoms with van der Waals surface area (Å²) in [5, 5.41) is 2.99. The normalized spacial score (nSPS) is 19.9. The number of amides is 1. The number of nitrogens with one attached hydrogen (secondary N) is 1. The molecule has 0 aromatic heterocycles. The molecule has 2 aliphatic heterocycles. The summed E-state index contributed by atoms with van der Waals surface area (Å²) in [4.78, 5) is 15.0. The van der Waals surface area contributed by atoms with Gasteiger partial charge < -0.3 is 14.8 Å². The number of benzene rings is 1. The fourth-order valence-electron chi connectivity index (χ4n) is 3.59. The molecule has 144 valence electrons. The van der Waals surface area contributed by atoms with Crippen molar-refractivity contribution in [3.05, 3.63) is 29.1 Å². The van der Waals surface area contributed by atoms with Crippen LogP contribution in [0.5, 0.6) is 5.75 Å². The highest BCUT2D eigenvalue weighted by Gasteiger charge is 2.31. The fourth-order valence-corrected chi connectivity index (χ4v) is 3.59. The van der Waals surface area contributed by atoms with E-state index in [1.807, 2.05) is 20.8 Å². The van der Waals surface area contributed by atoms with Gasteiger partial charge in [-0.05, 0) is 30.4 Å². The van der Waals surface area contributed by atoms with Crippen LogP contribution in [0.15, 0.2) is 12.1 Å². The molecular formula is C20H29FN2O3. The largest absolute Gasteiger partial charge is 0.496 e. The third kappa shape index (κ3) is 4.01. The minimum absolute atomic E-state index is 0.0460. The molecule has 0 aliphatic carbocycles. The smallest absolute Gasteiger partial charge is 0.254 e. The first-order chi connectivity index (χ1) is 12.3. The third-order valence-corrected chi connectivity index (χ3v) is 5.34. The molecule has 26 heavy (non-hydrogen) atoms. The Hall–Kier alpha value is -1.66. The topological polar surface area (TPSA) is 50.8 Å². The number of methoxy groups -OCH3 is 1. The van der Waals surface area contributed by atoms with Gasteiger partial charge in [0.2, 0.25) is 0 Å². The van der Waals surface area contributed by atoms with Crippen LogP contribution in [0.1, 0.15) is 49.5 Å². The van der Waals surface area contributed by atoms with E-state index in [9.17, 15) is 9.18 Å². The van der Waals surface area contributed by atoms with Gasteiger partial charge in [-0.2, -0.15) is 0 Å². The van der Waals surface area contributed by atoms with Gasteiger partial charge in [0.05, 0.1) is 31.9 Å². The van der Waals surface area contributed by atoms with Gasteiger partial charge in [-0.3, -0.25) is 9.69 Å². The molecule has 2 saturated heterocycles. The van der Waals surface area contributed by atoms with Crippen molar-refractivity contribution in [2.45, 2.75) is 51.1 Å². The van der Waals surface area contributed by atoms with E-state index in [1.165, 1.54) is 12.1 Å². The van der Waals surface area contributed by atoms with Crippen molar-refractivity contribution in [2.24, 2.45) is 0 Å². The maximum atomic E-state index is 14.6. The molecule has 2 fully saturated rings. The standard InChI is InChI=1S/C20H29FN2O3/c1-20(2,3)16-10-17(21)15(9-18(16)25-4)19(24)22-13-5-7-23(8-6-13)14-11-26-12-14/h9-10,13-14H,5-8,11-12H2,1-4H3,(H,22,24). The molecule has 0 radical (unpaired) electrons. The zero-order valence-corrected chi connectivity index (χ0v) is 16.1. The molecule has 0 bridgehead atoms. The van der Waals surface area contributed by atoms with Crippen LogP contribution in [-0.2, 0) is 10.2 Å². The van der Waals surface area contributed by atoms with E-state index < -0.39 is 5.82 Å². The predicted molar refractivity (Wildman–Crippen MR) is 98.3 cm³/mol. The Labute approximate surface area is 154 Å². The van der Waals surface area contributed by atoms with Crippen LogP contribution < -0.4 is 10.1 Å². The number of carbonyl (C=O) groups excluding carboxylic acids is 1. The first kappa shape index (κ1) is 19.1. The number of ether oxygens (including phenoxy) is 2. The summed E-state index contributed by atoms with van der Waals surface area (Å²) in [6.07, 6.45) is 1.75. The Kier molecular flexibility index (Phi) is 5.53. The Morgan fingerprint density at radius 2 is 1.92 bits per heavy atom. The lowest BCUT2D eigenvalue weighted by atomic mass is 9.85. The van der Waals surface area contributed by atoms with Crippen molar-refractivity contribution in [1.29, 1.82) is 0 Å². The van der Waals surface area contributed by atoms with E-state index in [0.717, 1.165) is 44.7 Å². The Morgan fingerprint density at radius 1 is 1.27 bits per heavy atom. The maximum absolute atomic E-state index is 14.6. The lowest BCUT2D eigenvalue weighted by molar-refractivity contribution is -0.0716. The lowest BCUT2D eigenvalue weighted by Crippen LogP contribution is -2.54. The van der Waals surface area contributed by atoms with Crippen LogP contribution in [-0.4, -0.2) is 56.3 Å². The van der Waals surface area contributed by atoms with Crippen LogP contribution in [0, 0.1) is 5.82 Å². The third-order valence-electron chi connectivity index (χ3n) is 5.34. The summed E-state index contributed by atoms with van der Waals surface area (Å²) in [7, 11) is 1.55. The van der Waals surface area contributed by atoms with Crippen molar-refractivity contribution >= 4 is 5.91 Å². The number of hydrogen-bond acceptors (Lipinski definition) is 4. The van der Waals surface area contributed by atoms with E-state index >= 15 is 0 Å². The Balaban J connectivity index is 1.66. The number of nitrogens with zero attached hydrogens (tertiary/aromatic N) is 1. The van der Waals surface area contributed by atoms with Gasteiger partial charge >= 0.3 is 0 Å². The molecule has 1 aromatic rings. The molecule has 3 rings (SSSR count). The highest BCUT2D eigenvalue weighted by molar-refractivity contribution is 5.95. The number of hydrogen-bond donors (Lipinski definition) is 1. The summed E-state index contributed by atoms with van der Waals surface area (Å²) >= 11 is 0. The van der Waals surface area contributed by atoms with Gasteiger partial charge in [0.25, 0.3) is 5.91 Å². The van der Waals surface area contributed by atoms with Crippen LogP contribution >= 0.6 is 0 Å². The van der Waals surface area contributed by atoms with E-state index in [0.29, 0.717) is 11.8 Å². The number of likely N-dealkylation sites (tertiary alicyclic amines) is 1. The second kappa shape index (κ2) is 7.53. The maximum Gasteiger partial charge on any atom is 0.254 e. The summed E-state index contributed by atoms with van der Waals surface area (Å²) in [6, 6.07) is 3.55. The highest BCUT2D eigenvalue weighted by atomic mass is 19.1. The van der Waals surface area contributed by atoms with E-state index in [2.05, 4.69) is 10.2 Å². The zero-order chi connectivity index (χ0) is 18.9. The predicted octanol–water partition coefficient (Wildman–Crippen LogP) is 2.72. The van der Waals surface area contributed by atoms with Gasteiger partial charge in [0.15, 0.2) is 0 Å². The number of carbonyl (C=O) groups is 1. The summed E-state index contributed by atoms with van der Waals surface area (Å²) in [5.41, 5.74) is 0.536. The molecule has 5 nitrogen and oxygen atoms in total. The van der Waals surface area contributed by atoms with Crippen molar-refractivity contribution in [3.8, 4) is 5.75 Å². The van der Waals surface area contributed by atoms with Gasteiger partial charge in [0, 0.05) is 24.7 Å². The monoisotopic (exact) mass is 364 g/mol. The van der Waals surface area contributed by atoms with E-state index in [4.69, 9.17) is 9.47 Å². The second-order valence-corrected chi connectivity index (χ2v) is 8.26. The average Bonchev–Trinajstić information content (AvgIpc) is 2.53. The minimum Gasteiger partial charge on any atom is -0.496 e. The van der Waals surface area contributed by atoms with Crippen LogP contribution in [0.2, 0.25) is 0 Å². The number of halogens is 1. The molecule has 0 atom stereocenters. The molecule has 0 spiro atoms. The van der Waals surface area contributed by atoms with Gasteiger partial charge in [-0.25, -0.2) is 4.39 Å². The van der Waals surface area contributed by atoms with Crippen molar-refractivity contribution in [2.75, 3.05) is 33.4 Å². The lowest BCUT2D eigenvalue weighted by Gasteiger charge is -2.41. The highest BCUT2D eigenvalue weighted by Crippen LogP contribution is 2.33. The summed E-state index contributed by atoms with van der Waals surface area (Å²) < 4.78 is 25.2. The quantitative estimate of drug-likeness (QED) is 0.893. The molecule has 1 N–H and O–H groups in total. The van der Waals surface area contributed by atoms with E-state index in [-0.39, 0.29) is 22.9 Å². The number of rotatable bonds is 4. The van der Waals surface area contributed by atoms with Gasteiger partial charge in [0.1, 0.15) is 11.6 Å². The molecule has 1 aromatic carbocycles. The first-order valence-electron chi connectivity index (χ1n) is 9.30. The van der Waals surface area contributed by atoms with Crippen molar-refractivity contribution < 1.29 is 18.7 Å². The van der Waals surface area contributed by atoms with E-state index in [1.54, 1.807) is 7.11 Å². The Morgan fingerprint density at radius 3 is 2.42 bits per heavy atom. The summed E-state index contributed by atoms with van der Waals surface area (Å²) in [5.74, 6) is -0.326. The second-order valence-electron chi connectivity index (χ2n) is 8.26. The zero-order valence-electron chi connectivity index (χ0n) is 16.1. The molecule has 2 aliphatic rings. The molecule has 6 heteroatoms. The summed E-state index contributed by atoms with van der Waals surface area (Å²) in [6.45, 7) is 9.46. The van der Waals surface area contributed by atoms with Crippen LogP contribution in [0.3, 0.4) is 0 Å². The van der Waals surface area contributed by atoms with Crippen molar-refractivity contribution in [1.82, 2.24) is 10.2 Å². The minimum atomic E-state index is -0.503. The van der Waals surface area contributed by atoms with Crippen LogP contribution in [0.4, 0.5) is 4.39 Å². The average molecular weight is 364 g/mol. The SMILES string of the molecule is COc1cc(C(=O)NC2CCN(C3COC3)CC2)c(F)cc1C(C)(C)C.